The minimum absolute atomic E-state index is 0.437. The van der Waals surface area contributed by atoms with Crippen molar-refractivity contribution in [2.24, 2.45) is 0 Å². The van der Waals surface area contributed by atoms with Crippen molar-refractivity contribution < 1.29 is 19.0 Å². The zero-order chi connectivity index (χ0) is 26.6. The zero-order valence-electron chi connectivity index (χ0n) is 21.7. The second-order valence-electron chi connectivity index (χ2n) is 9.59. The molecule has 1 atom stereocenters. The molecule has 1 aliphatic rings. The Labute approximate surface area is 228 Å². The van der Waals surface area contributed by atoms with Crippen molar-refractivity contribution in [2.75, 3.05) is 7.11 Å². The van der Waals surface area contributed by atoms with E-state index in [2.05, 4.69) is 66.7 Å². The number of hydrogen-bond donors (Lipinski definition) is 0. The quantitative estimate of drug-likeness (QED) is 0.195. The molecule has 0 aliphatic heterocycles. The van der Waals surface area contributed by atoms with Crippen LogP contribution >= 0.6 is 0 Å². The van der Waals surface area contributed by atoms with Crippen LogP contribution in [-0.4, -0.2) is 13.1 Å². The summed E-state index contributed by atoms with van der Waals surface area (Å²) in [5.41, 5.74) is 9.32. The molecule has 0 bridgehead atoms. The predicted octanol–water partition coefficient (Wildman–Crippen LogP) is 7.80. The number of rotatable bonds is 8. The summed E-state index contributed by atoms with van der Waals surface area (Å²) < 4.78 is 17.1. The summed E-state index contributed by atoms with van der Waals surface area (Å²) in [6.45, 7) is 0.507. The highest BCUT2D eigenvalue weighted by atomic mass is 16.6. The summed E-state index contributed by atoms with van der Waals surface area (Å²) in [4.78, 5) is 12.3. The first-order valence-electron chi connectivity index (χ1n) is 13.0. The van der Waals surface area contributed by atoms with Crippen molar-refractivity contribution >= 4 is 5.97 Å². The highest BCUT2D eigenvalue weighted by Gasteiger charge is 2.23. The molecule has 0 amide bonds. The number of ether oxygens (including phenoxy) is 3. The van der Waals surface area contributed by atoms with Crippen molar-refractivity contribution in [3.05, 3.63) is 144 Å². The van der Waals surface area contributed by atoms with Crippen LogP contribution in [0.4, 0.5) is 0 Å². The summed E-state index contributed by atoms with van der Waals surface area (Å²) in [5.74, 6) is 1.05. The van der Waals surface area contributed by atoms with Gasteiger partial charge in [0.25, 0.3) is 0 Å². The van der Waals surface area contributed by atoms with Crippen LogP contribution in [0.15, 0.2) is 121 Å². The van der Waals surface area contributed by atoms with E-state index in [1.807, 2.05) is 54.6 Å². The zero-order valence-corrected chi connectivity index (χ0v) is 21.7. The molecule has 1 unspecified atom stereocenters. The smallest absolute Gasteiger partial charge is 0.351 e. The standard InChI is InChI=1S/C35H28O4/c1-37-35(36)34(27-7-3-2-4-8-27)39-30-17-15-26(16-18-30)25-13-11-24(12-14-25)23-38-31-19-20-33-29(22-31)21-28-9-5-6-10-32(28)33/h2-20,22,34H,21,23H2,1H3. The first-order chi connectivity index (χ1) is 19.2. The summed E-state index contributed by atoms with van der Waals surface area (Å²) in [6, 6.07) is 40.4. The molecular weight excluding hydrogens is 484 g/mol. The van der Waals surface area contributed by atoms with Crippen LogP contribution in [0.1, 0.15) is 28.4 Å². The van der Waals surface area contributed by atoms with Crippen molar-refractivity contribution in [3.8, 4) is 33.8 Å². The molecule has 1 aliphatic carbocycles. The highest BCUT2D eigenvalue weighted by Crippen LogP contribution is 2.38. The second kappa shape index (κ2) is 10.9. The number of hydrogen-bond acceptors (Lipinski definition) is 4. The molecule has 0 heterocycles. The molecular formula is C35H28O4. The monoisotopic (exact) mass is 512 g/mol. The van der Waals surface area contributed by atoms with Gasteiger partial charge < -0.3 is 14.2 Å². The fourth-order valence-corrected chi connectivity index (χ4v) is 5.02. The van der Waals surface area contributed by atoms with Gasteiger partial charge in [-0.2, -0.15) is 0 Å². The molecule has 0 aromatic heterocycles. The van der Waals surface area contributed by atoms with E-state index in [9.17, 15) is 4.79 Å². The summed E-state index contributed by atoms with van der Waals surface area (Å²) >= 11 is 0. The molecule has 4 heteroatoms. The minimum Gasteiger partial charge on any atom is -0.489 e. The summed E-state index contributed by atoms with van der Waals surface area (Å²) in [7, 11) is 1.37. The maximum atomic E-state index is 12.3. The van der Waals surface area contributed by atoms with Crippen molar-refractivity contribution in [1.29, 1.82) is 0 Å². The molecule has 39 heavy (non-hydrogen) atoms. The van der Waals surface area contributed by atoms with E-state index < -0.39 is 12.1 Å². The van der Waals surface area contributed by atoms with Crippen LogP contribution in [0, 0.1) is 0 Å². The fourth-order valence-electron chi connectivity index (χ4n) is 5.02. The number of esters is 1. The first-order valence-corrected chi connectivity index (χ1v) is 13.0. The lowest BCUT2D eigenvalue weighted by molar-refractivity contribution is -0.149. The Morgan fingerprint density at radius 3 is 2.08 bits per heavy atom. The van der Waals surface area contributed by atoms with E-state index in [4.69, 9.17) is 14.2 Å². The third-order valence-electron chi connectivity index (χ3n) is 7.08. The van der Waals surface area contributed by atoms with Crippen LogP contribution < -0.4 is 9.47 Å². The topological polar surface area (TPSA) is 44.8 Å². The molecule has 0 fully saturated rings. The van der Waals surface area contributed by atoms with E-state index in [0.29, 0.717) is 12.4 Å². The van der Waals surface area contributed by atoms with Gasteiger partial charge in [0, 0.05) is 5.56 Å². The van der Waals surface area contributed by atoms with E-state index >= 15 is 0 Å². The van der Waals surface area contributed by atoms with Crippen LogP contribution in [0.5, 0.6) is 11.5 Å². The Morgan fingerprint density at radius 1 is 0.692 bits per heavy atom. The van der Waals surface area contributed by atoms with Gasteiger partial charge in [-0.25, -0.2) is 4.79 Å². The van der Waals surface area contributed by atoms with Crippen LogP contribution in [0.3, 0.4) is 0 Å². The Morgan fingerprint density at radius 2 is 1.33 bits per heavy atom. The van der Waals surface area contributed by atoms with Crippen molar-refractivity contribution in [3.63, 3.8) is 0 Å². The third-order valence-corrected chi connectivity index (χ3v) is 7.08. The number of carbonyl (C=O) groups is 1. The Kier molecular flexibility index (Phi) is 6.84. The fraction of sp³-hybridized carbons (Fsp3) is 0.114. The van der Waals surface area contributed by atoms with Crippen LogP contribution in [0.25, 0.3) is 22.3 Å². The Balaban J connectivity index is 1.09. The molecule has 5 aromatic carbocycles. The van der Waals surface area contributed by atoms with Gasteiger partial charge in [0.2, 0.25) is 6.10 Å². The third kappa shape index (κ3) is 5.27. The van der Waals surface area contributed by atoms with E-state index in [1.165, 1.54) is 29.4 Å². The van der Waals surface area contributed by atoms with Gasteiger partial charge in [-0.05, 0) is 69.6 Å². The lowest BCUT2D eigenvalue weighted by atomic mass is 10.0. The summed E-state index contributed by atoms with van der Waals surface area (Å²) in [6.07, 6.45) is 0.138. The van der Waals surface area contributed by atoms with E-state index in [1.54, 1.807) is 0 Å². The molecule has 6 rings (SSSR count). The van der Waals surface area contributed by atoms with Gasteiger partial charge in [0.05, 0.1) is 7.11 Å². The lowest BCUT2D eigenvalue weighted by Gasteiger charge is -2.17. The molecule has 4 nitrogen and oxygen atoms in total. The maximum absolute atomic E-state index is 12.3. The number of carbonyl (C=O) groups excluding carboxylic acids is 1. The van der Waals surface area contributed by atoms with Gasteiger partial charge in [0.15, 0.2) is 0 Å². The van der Waals surface area contributed by atoms with Gasteiger partial charge in [-0.1, -0.05) is 97.1 Å². The Hall–Kier alpha value is -4.83. The molecule has 5 aromatic rings. The Bertz CT molecular complexity index is 1590. The average Bonchev–Trinajstić information content (AvgIpc) is 3.37. The highest BCUT2D eigenvalue weighted by molar-refractivity contribution is 5.78. The normalized spacial score (nSPS) is 12.2. The van der Waals surface area contributed by atoms with Gasteiger partial charge >= 0.3 is 5.97 Å². The van der Waals surface area contributed by atoms with Gasteiger partial charge in [-0.3, -0.25) is 0 Å². The lowest BCUT2D eigenvalue weighted by Crippen LogP contribution is -2.20. The summed E-state index contributed by atoms with van der Waals surface area (Å²) in [5, 5.41) is 0. The van der Waals surface area contributed by atoms with Crippen LogP contribution in [-0.2, 0) is 22.6 Å². The molecule has 0 saturated heterocycles. The molecule has 0 radical (unpaired) electrons. The minimum atomic E-state index is -0.817. The molecule has 0 N–H and O–H groups in total. The van der Waals surface area contributed by atoms with E-state index in [-0.39, 0.29) is 0 Å². The van der Waals surface area contributed by atoms with E-state index in [0.717, 1.165) is 34.4 Å². The van der Waals surface area contributed by atoms with Gasteiger partial charge in [0.1, 0.15) is 18.1 Å². The first kappa shape index (κ1) is 24.5. The largest absolute Gasteiger partial charge is 0.489 e. The number of benzene rings is 5. The SMILES string of the molecule is COC(=O)C(Oc1ccc(-c2ccc(COc3ccc4c(c3)Cc3ccccc3-4)cc2)cc1)c1ccccc1. The molecule has 0 saturated carbocycles. The van der Waals surface area contributed by atoms with Gasteiger partial charge in [-0.15, -0.1) is 0 Å². The average molecular weight is 513 g/mol. The second-order valence-corrected chi connectivity index (χ2v) is 9.59. The maximum Gasteiger partial charge on any atom is 0.351 e. The number of methoxy groups -OCH3 is 1. The molecule has 0 spiro atoms. The van der Waals surface area contributed by atoms with Crippen molar-refractivity contribution in [2.45, 2.75) is 19.1 Å². The molecule has 192 valence electrons. The number of fused-ring (bicyclic) bond motifs is 3. The van der Waals surface area contributed by atoms with Crippen molar-refractivity contribution in [1.82, 2.24) is 0 Å². The predicted molar refractivity (Wildman–Crippen MR) is 153 cm³/mol. The van der Waals surface area contributed by atoms with Crippen LogP contribution in [0.2, 0.25) is 0 Å².